The smallest absolute Gasteiger partial charge is 0.135 e. The Balaban J connectivity index is 0.959. The van der Waals surface area contributed by atoms with Gasteiger partial charge in [0.15, 0.2) is 0 Å². The lowest BCUT2D eigenvalue weighted by Crippen LogP contribution is -2.13. The van der Waals surface area contributed by atoms with Crippen LogP contribution in [0.25, 0.3) is 62.3 Å². The molecule has 0 saturated carbocycles. The number of furan rings is 1. The number of thiophene rings is 2. The van der Waals surface area contributed by atoms with Crippen LogP contribution >= 0.6 is 22.7 Å². The van der Waals surface area contributed by atoms with Crippen molar-refractivity contribution in [3.63, 3.8) is 0 Å². The molecule has 3 aromatic heterocycles. The van der Waals surface area contributed by atoms with E-state index in [1.807, 2.05) is 34.8 Å². The molecule has 6 heteroatoms. The maximum atomic E-state index is 6.33. The number of hydrogen-bond acceptors (Lipinski definition) is 6. The van der Waals surface area contributed by atoms with Gasteiger partial charge in [-0.05, 0) is 133 Å². The van der Waals surface area contributed by atoms with Gasteiger partial charge < -0.3 is 19.1 Å². The third-order valence-corrected chi connectivity index (χ3v) is 14.9. The molecule has 13 rings (SSSR count). The molecule has 10 aromatic carbocycles. The van der Waals surface area contributed by atoms with Crippen molar-refractivity contribution in [3.05, 3.63) is 237 Å². The normalized spacial score (nSPS) is 11.6. The van der Waals surface area contributed by atoms with Gasteiger partial charge in [0.25, 0.3) is 0 Å². The van der Waals surface area contributed by atoms with E-state index in [2.05, 4.69) is 239 Å². The van der Waals surface area contributed by atoms with E-state index in [-0.39, 0.29) is 0 Å². The van der Waals surface area contributed by atoms with Crippen molar-refractivity contribution in [3.8, 4) is 0 Å². The summed E-state index contributed by atoms with van der Waals surface area (Å²) in [7, 11) is 0. The molecule has 0 spiro atoms. The van der Waals surface area contributed by atoms with Crippen molar-refractivity contribution in [2.24, 2.45) is 0 Å². The van der Waals surface area contributed by atoms with E-state index in [0.29, 0.717) is 0 Å². The van der Waals surface area contributed by atoms with Gasteiger partial charge in [0.2, 0.25) is 0 Å². The van der Waals surface area contributed by atoms with Crippen molar-refractivity contribution >= 4 is 136 Å². The van der Waals surface area contributed by atoms with E-state index in [1.165, 1.54) is 40.3 Å². The Bertz CT molecular complexity index is 3870. The fourth-order valence-electron chi connectivity index (χ4n) is 9.58. The predicted molar refractivity (Wildman–Crippen MR) is 284 cm³/mol. The number of benzene rings is 10. The summed E-state index contributed by atoms with van der Waals surface area (Å²) < 4.78 is 11.4. The van der Waals surface area contributed by atoms with E-state index >= 15 is 0 Å². The first-order valence-electron chi connectivity index (χ1n) is 22.1. The van der Waals surface area contributed by atoms with Gasteiger partial charge in [-0.1, -0.05) is 103 Å². The van der Waals surface area contributed by atoms with Crippen molar-refractivity contribution in [2.75, 3.05) is 14.7 Å². The zero-order chi connectivity index (χ0) is 43.6. The van der Waals surface area contributed by atoms with Gasteiger partial charge >= 0.3 is 0 Å². The molecule has 0 aliphatic rings. The highest BCUT2D eigenvalue weighted by atomic mass is 32.1. The Morgan fingerprint density at radius 2 is 0.621 bits per heavy atom. The number of nitrogens with zero attached hydrogens (tertiary/aromatic N) is 3. The molecule has 66 heavy (non-hydrogen) atoms. The molecule has 312 valence electrons. The number of para-hydroxylation sites is 4. The molecular formula is C60H39N3OS2. The third-order valence-electron chi connectivity index (χ3n) is 12.6. The fourth-order valence-corrected chi connectivity index (χ4v) is 11.8. The highest BCUT2D eigenvalue weighted by Crippen LogP contribution is 2.47. The quantitative estimate of drug-likeness (QED) is 0.144. The summed E-state index contributed by atoms with van der Waals surface area (Å²) >= 11 is 3.69. The van der Waals surface area contributed by atoms with Crippen LogP contribution < -0.4 is 14.7 Å². The van der Waals surface area contributed by atoms with Gasteiger partial charge in [-0.3, -0.25) is 0 Å². The monoisotopic (exact) mass is 881 g/mol. The summed E-state index contributed by atoms with van der Waals surface area (Å²) in [6, 6.07) is 85.2. The van der Waals surface area contributed by atoms with E-state index < -0.39 is 0 Å². The predicted octanol–water partition coefficient (Wildman–Crippen LogP) is 18.7. The zero-order valence-corrected chi connectivity index (χ0v) is 37.2. The van der Waals surface area contributed by atoms with Gasteiger partial charge in [0.1, 0.15) is 11.2 Å². The Kier molecular flexibility index (Phi) is 9.18. The van der Waals surface area contributed by atoms with Crippen LogP contribution in [-0.2, 0) is 0 Å². The van der Waals surface area contributed by atoms with Crippen LogP contribution in [0, 0.1) is 0 Å². The molecule has 0 unspecified atom stereocenters. The molecule has 3 heterocycles. The molecule has 0 amide bonds. The van der Waals surface area contributed by atoms with Crippen molar-refractivity contribution in [2.45, 2.75) is 0 Å². The summed E-state index contributed by atoms with van der Waals surface area (Å²) in [6.07, 6.45) is 0. The van der Waals surface area contributed by atoms with Crippen LogP contribution in [0.3, 0.4) is 0 Å². The molecule has 0 fully saturated rings. The molecular weight excluding hydrogens is 843 g/mol. The van der Waals surface area contributed by atoms with Gasteiger partial charge in [-0.2, -0.15) is 0 Å². The van der Waals surface area contributed by atoms with Crippen molar-refractivity contribution < 1.29 is 4.42 Å². The molecule has 0 atom stereocenters. The first-order valence-corrected chi connectivity index (χ1v) is 23.8. The standard InChI is InChI=1S/C60H39N3OS2/c1-4-15-40(16-5-1)61(41-17-6-2-7-18-41)43-21-14-22-44(35-43)63(45-28-32-56-52(36-45)49-23-10-12-25-55(49)64-56)48-27-31-51-54-38-47(30-34-59(54)66-60(51)39-48)62(42-19-8-3-9-20-42)46-29-33-58-53(37-46)50-24-11-13-26-57(50)65-58/h1-39H. The van der Waals surface area contributed by atoms with Crippen LogP contribution in [0.15, 0.2) is 241 Å². The topological polar surface area (TPSA) is 22.9 Å². The summed E-state index contributed by atoms with van der Waals surface area (Å²) in [5.41, 5.74) is 11.6. The second-order valence-corrected chi connectivity index (χ2v) is 18.7. The second kappa shape index (κ2) is 15.8. The molecule has 0 aliphatic carbocycles. The van der Waals surface area contributed by atoms with Gasteiger partial charge in [0.05, 0.1) is 0 Å². The van der Waals surface area contributed by atoms with E-state index in [4.69, 9.17) is 4.42 Å². The zero-order valence-electron chi connectivity index (χ0n) is 35.6. The van der Waals surface area contributed by atoms with Crippen LogP contribution in [0.2, 0.25) is 0 Å². The summed E-state index contributed by atoms with van der Waals surface area (Å²) in [6.45, 7) is 0. The van der Waals surface area contributed by atoms with Crippen molar-refractivity contribution in [1.29, 1.82) is 0 Å². The van der Waals surface area contributed by atoms with Crippen molar-refractivity contribution in [1.82, 2.24) is 0 Å². The van der Waals surface area contributed by atoms with Gasteiger partial charge in [-0.15, -0.1) is 22.7 Å². The SMILES string of the molecule is c1ccc(N(c2ccccc2)c2cccc(N(c3ccc4c(c3)sc3ccc(N(c5ccccc5)c5ccc6sc7ccccc7c6c5)cc34)c3ccc4oc5ccccc5c4c3)c2)cc1. The van der Waals surface area contributed by atoms with Crippen LogP contribution in [0.4, 0.5) is 51.2 Å². The second-order valence-electron chi connectivity index (χ2n) is 16.6. The molecule has 13 aromatic rings. The number of fused-ring (bicyclic) bond motifs is 9. The minimum atomic E-state index is 0.872. The maximum absolute atomic E-state index is 6.33. The molecule has 0 radical (unpaired) electrons. The minimum Gasteiger partial charge on any atom is -0.456 e. The third kappa shape index (κ3) is 6.57. The summed E-state index contributed by atoms with van der Waals surface area (Å²) in [5, 5.41) is 7.24. The number of hydrogen-bond donors (Lipinski definition) is 0. The largest absolute Gasteiger partial charge is 0.456 e. The molecule has 0 saturated heterocycles. The maximum Gasteiger partial charge on any atom is 0.135 e. The number of rotatable bonds is 9. The minimum absolute atomic E-state index is 0.872. The molecule has 0 N–H and O–H groups in total. The summed E-state index contributed by atoms with van der Waals surface area (Å²) in [5.74, 6) is 0. The lowest BCUT2D eigenvalue weighted by Gasteiger charge is -2.29. The van der Waals surface area contributed by atoms with Gasteiger partial charge in [0, 0.05) is 102 Å². The highest BCUT2D eigenvalue weighted by molar-refractivity contribution is 7.26. The van der Waals surface area contributed by atoms with Crippen LogP contribution in [0.5, 0.6) is 0 Å². The van der Waals surface area contributed by atoms with E-state index in [0.717, 1.165) is 73.1 Å². The first-order chi connectivity index (χ1) is 32.7. The number of anilines is 9. The Hall–Kier alpha value is -8.16. The average molecular weight is 882 g/mol. The van der Waals surface area contributed by atoms with Crippen LogP contribution in [0.1, 0.15) is 0 Å². The lowest BCUT2D eigenvalue weighted by molar-refractivity contribution is 0.669. The molecule has 4 nitrogen and oxygen atoms in total. The Labute approximate surface area is 389 Å². The van der Waals surface area contributed by atoms with E-state index in [9.17, 15) is 0 Å². The lowest BCUT2D eigenvalue weighted by atomic mass is 10.1. The first kappa shape index (κ1) is 38.3. The Morgan fingerprint density at radius 3 is 1.26 bits per heavy atom. The van der Waals surface area contributed by atoms with E-state index in [1.54, 1.807) is 0 Å². The summed E-state index contributed by atoms with van der Waals surface area (Å²) in [4.78, 5) is 7.10. The van der Waals surface area contributed by atoms with Gasteiger partial charge in [-0.25, -0.2) is 0 Å². The highest BCUT2D eigenvalue weighted by Gasteiger charge is 2.21. The Morgan fingerprint density at radius 1 is 0.227 bits per heavy atom. The van der Waals surface area contributed by atoms with Crippen LogP contribution in [-0.4, -0.2) is 0 Å². The molecule has 0 aliphatic heterocycles. The fraction of sp³-hybridized carbons (Fsp3) is 0. The molecule has 0 bridgehead atoms. The average Bonchev–Trinajstić information content (AvgIpc) is 4.06.